The Balaban J connectivity index is 1.75. The molecule has 0 radical (unpaired) electrons. The molecule has 1 amide bonds. The van der Waals surface area contributed by atoms with Gasteiger partial charge >= 0.3 is 0 Å². The van der Waals surface area contributed by atoms with Crippen molar-refractivity contribution in [1.82, 2.24) is 9.55 Å². The van der Waals surface area contributed by atoms with Gasteiger partial charge in [0.2, 0.25) is 0 Å². The summed E-state index contributed by atoms with van der Waals surface area (Å²) in [6.45, 7) is -0.255. The van der Waals surface area contributed by atoms with Gasteiger partial charge in [0, 0.05) is 16.8 Å². The summed E-state index contributed by atoms with van der Waals surface area (Å²) in [4.78, 5) is 28.7. The quantitative estimate of drug-likeness (QED) is 0.307. The summed E-state index contributed by atoms with van der Waals surface area (Å²) in [5.74, 6) is -1.45. The Labute approximate surface area is 196 Å². The highest BCUT2D eigenvalue weighted by Gasteiger charge is 2.17. The van der Waals surface area contributed by atoms with Gasteiger partial charge < -0.3 is 10.5 Å². The maximum Gasteiger partial charge on any atom is 0.266 e. The molecule has 0 saturated heterocycles. The molecule has 3 aromatic carbocycles. The summed E-state index contributed by atoms with van der Waals surface area (Å²) in [6.07, 6.45) is 0. The lowest BCUT2D eigenvalue weighted by Crippen LogP contribution is -2.22. The van der Waals surface area contributed by atoms with E-state index >= 15 is 0 Å². The summed E-state index contributed by atoms with van der Waals surface area (Å²) < 4.78 is 34.5. The highest BCUT2D eigenvalue weighted by Crippen LogP contribution is 2.28. The lowest BCUT2D eigenvalue weighted by atomic mass is 10.2. The first kappa shape index (κ1) is 22.8. The van der Waals surface area contributed by atoms with Crippen LogP contribution in [0.2, 0.25) is 5.02 Å². The Kier molecular flexibility index (Phi) is 6.62. The van der Waals surface area contributed by atoms with E-state index < -0.39 is 23.1 Å². The molecule has 0 unspecified atom stereocenters. The minimum Gasteiger partial charge on any atom is -0.484 e. The molecule has 1 heterocycles. The zero-order valence-electron chi connectivity index (χ0n) is 16.9. The van der Waals surface area contributed by atoms with Crippen molar-refractivity contribution in [2.45, 2.75) is 10.9 Å². The molecular formula is C23H16ClF2N3O3S. The van der Waals surface area contributed by atoms with Gasteiger partial charge in [-0.1, -0.05) is 35.5 Å². The Hall–Kier alpha value is -3.43. The second kappa shape index (κ2) is 9.60. The predicted octanol–water partition coefficient (Wildman–Crippen LogP) is 4.47. The van der Waals surface area contributed by atoms with E-state index in [1.807, 2.05) is 6.07 Å². The van der Waals surface area contributed by atoms with Crippen molar-refractivity contribution in [2.75, 3.05) is 6.61 Å². The van der Waals surface area contributed by atoms with E-state index in [9.17, 15) is 18.4 Å². The fourth-order valence-electron chi connectivity index (χ4n) is 3.14. The van der Waals surface area contributed by atoms with Crippen LogP contribution in [-0.2, 0) is 10.5 Å². The third-order valence-corrected chi connectivity index (χ3v) is 5.84. The molecule has 0 spiro atoms. The average Bonchev–Trinajstić information content (AvgIpc) is 2.78. The first-order valence-electron chi connectivity index (χ1n) is 9.62. The zero-order chi connectivity index (χ0) is 23.5. The lowest BCUT2D eigenvalue weighted by Gasteiger charge is -2.14. The molecule has 10 heteroatoms. The van der Waals surface area contributed by atoms with E-state index in [0.717, 1.165) is 16.2 Å². The Morgan fingerprint density at radius 1 is 1.12 bits per heavy atom. The number of hydrogen-bond donors (Lipinski definition) is 1. The van der Waals surface area contributed by atoms with Crippen LogP contribution in [0.25, 0.3) is 16.6 Å². The molecule has 0 aliphatic carbocycles. The number of hydrogen-bond acceptors (Lipinski definition) is 5. The van der Waals surface area contributed by atoms with Crippen LogP contribution in [0.5, 0.6) is 5.75 Å². The van der Waals surface area contributed by atoms with Gasteiger partial charge in [-0.25, -0.2) is 13.8 Å². The monoisotopic (exact) mass is 487 g/mol. The predicted molar refractivity (Wildman–Crippen MR) is 123 cm³/mol. The minimum absolute atomic E-state index is 0.128. The number of thioether (sulfide) groups is 1. The van der Waals surface area contributed by atoms with Gasteiger partial charge in [-0.3, -0.25) is 14.2 Å². The molecule has 4 aromatic rings. The van der Waals surface area contributed by atoms with E-state index in [2.05, 4.69) is 4.98 Å². The van der Waals surface area contributed by atoms with Crippen LogP contribution in [0.1, 0.15) is 5.56 Å². The number of fused-ring (bicyclic) bond motifs is 1. The van der Waals surface area contributed by atoms with Crippen LogP contribution in [-0.4, -0.2) is 22.1 Å². The zero-order valence-corrected chi connectivity index (χ0v) is 18.5. The Bertz CT molecular complexity index is 1430. The number of primary amides is 1. The van der Waals surface area contributed by atoms with Gasteiger partial charge in [-0.15, -0.1) is 0 Å². The molecule has 33 heavy (non-hydrogen) atoms. The fraction of sp³-hybridized carbons (Fsp3) is 0.0870. The number of carbonyl (C=O) groups excluding carboxylic acids is 1. The van der Waals surface area contributed by atoms with Crippen LogP contribution >= 0.6 is 23.4 Å². The van der Waals surface area contributed by atoms with Crippen LogP contribution < -0.4 is 16.0 Å². The van der Waals surface area contributed by atoms with Gasteiger partial charge in [0.15, 0.2) is 11.8 Å². The fourth-order valence-corrected chi connectivity index (χ4v) is 4.26. The highest BCUT2D eigenvalue weighted by molar-refractivity contribution is 7.98. The number of rotatable bonds is 7. The molecule has 0 saturated carbocycles. The number of aromatic nitrogens is 2. The SMILES string of the molecule is NC(=O)COc1cccc(CSc2nc3ccc(Cl)cc3c(=O)n2-c2ccc(F)cc2F)c1. The highest BCUT2D eigenvalue weighted by atomic mass is 35.5. The average molecular weight is 488 g/mol. The number of ether oxygens (including phenoxy) is 1. The lowest BCUT2D eigenvalue weighted by molar-refractivity contribution is -0.119. The van der Waals surface area contributed by atoms with Gasteiger partial charge in [-0.05, 0) is 48.0 Å². The first-order chi connectivity index (χ1) is 15.8. The van der Waals surface area contributed by atoms with Crippen LogP contribution in [0.15, 0.2) is 70.6 Å². The van der Waals surface area contributed by atoms with Crippen molar-refractivity contribution in [2.24, 2.45) is 5.73 Å². The molecule has 4 rings (SSSR count). The summed E-state index contributed by atoms with van der Waals surface area (Å²) in [5.41, 5.74) is 5.64. The van der Waals surface area contributed by atoms with Gasteiger partial charge in [-0.2, -0.15) is 0 Å². The number of halogens is 3. The first-order valence-corrected chi connectivity index (χ1v) is 11.0. The van der Waals surface area contributed by atoms with Crippen molar-refractivity contribution in [3.05, 3.63) is 93.2 Å². The van der Waals surface area contributed by atoms with Crippen LogP contribution in [0.4, 0.5) is 8.78 Å². The molecule has 0 aliphatic rings. The van der Waals surface area contributed by atoms with Crippen LogP contribution in [0, 0.1) is 11.6 Å². The van der Waals surface area contributed by atoms with Crippen molar-refractivity contribution in [1.29, 1.82) is 0 Å². The molecule has 0 atom stereocenters. The van der Waals surface area contributed by atoms with E-state index in [1.165, 1.54) is 23.9 Å². The maximum atomic E-state index is 14.6. The third-order valence-electron chi connectivity index (χ3n) is 4.60. The van der Waals surface area contributed by atoms with Gasteiger partial charge in [0.1, 0.15) is 17.4 Å². The molecule has 0 fully saturated rings. The number of benzene rings is 3. The summed E-state index contributed by atoms with van der Waals surface area (Å²) in [6, 6.07) is 14.6. The molecule has 6 nitrogen and oxygen atoms in total. The Morgan fingerprint density at radius 3 is 2.70 bits per heavy atom. The smallest absolute Gasteiger partial charge is 0.266 e. The third kappa shape index (κ3) is 5.15. The number of nitrogens with zero attached hydrogens (tertiary/aromatic N) is 2. The van der Waals surface area contributed by atoms with Gasteiger partial charge in [0.05, 0.1) is 16.6 Å². The molecule has 1 aromatic heterocycles. The van der Waals surface area contributed by atoms with Crippen LogP contribution in [0.3, 0.4) is 0 Å². The molecule has 0 aliphatic heterocycles. The number of amides is 1. The number of carbonyl (C=O) groups is 1. The maximum absolute atomic E-state index is 14.6. The second-order valence-electron chi connectivity index (χ2n) is 6.98. The van der Waals surface area contributed by atoms with Crippen molar-refractivity contribution < 1.29 is 18.3 Å². The van der Waals surface area contributed by atoms with E-state index in [4.69, 9.17) is 22.1 Å². The van der Waals surface area contributed by atoms with Gasteiger partial charge in [0.25, 0.3) is 11.5 Å². The molecular weight excluding hydrogens is 472 g/mol. The summed E-state index contributed by atoms with van der Waals surface area (Å²) in [7, 11) is 0. The van der Waals surface area contributed by atoms with Crippen molar-refractivity contribution >= 4 is 40.2 Å². The van der Waals surface area contributed by atoms with E-state index in [-0.39, 0.29) is 22.8 Å². The topological polar surface area (TPSA) is 87.2 Å². The van der Waals surface area contributed by atoms with Crippen molar-refractivity contribution in [3.63, 3.8) is 0 Å². The minimum atomic E-state index is -0.899. The molecule has 2 N–H and O–H groups in total. The summed E-state index contributed by atoms with van der Waals surface area (Å²) in [5, 5.41) is 0.752. The summed E-state index contributed by atoms with van der Waals surface area (Å²) >= 11 is 7.22. The number of nitrogens with two attached hydrogens (primary N) is 1. The van der Waals surface area contributed by atoms with E-state index in [1.54, 1.807) is 30.3 Å². The molecule has 0 bridgehead atoms. The Morgan fingerprint density at radius 2 is 1.94 bits per heavy atom. The standard InChI is InChI=1S/C23H16ClF2N3O3S/c24-14-4-6-19-17(9-14)22(31)29(20-7-5-15(25)10-18(20)26)23(28-19)33-12-13-2-1-3-16(8-13)32-11-21(27)30/h1-10H,11-12H2,(H2,27,30). The second-order valence-corrected chi connectivity index (χ2v) is 8.36. The molecule has 168 valence electrons. The normalized spacial score (nSPS) is 11.0. The van der Waals surface area contributed by atoms with Crippen molar-refractivity contribution in [3.8, 4) is 11.4 Å². The van der Waals surface area contributed by atoms with E-state index in [0.29, 0.717) is 28.1 Å². The largest absolute Gasteiger partial charge is 0.484 e.